The zero-order valence-electron chi connectivity index (χ0n) is 9.48. The number of nitriles is 1. The van der Waals surface area contributed by atoms with Crippen LogP contribution in [0.5, 0.6) is 0 Å². The number of nitrogens with zero attached hydrogens (tertiary/aromatic N) is 2. The van der Waals surface area contributed by atoms with E-state index in [0.29, 0.717) is 32.4 Å². The van der Waals surface area contributed by atoms with Gasteiger partial charge in [-0.2, -0.15) is 5.26 Å². The number of amides is 1. The Labute approximate surface area is 95.9 Å². The van der Waals surface area contributed by atoms with Crippen LogP contribution < -0.4 is 0 Å². The van der Waals surface area contributed by atoms with E-state index in [9.17, 15) is 15.2 Å². The maximum Gasteiger partial charge on any atom is 0.243 e. The van der Waals surface area contributed by atoms with Gasteiger partial charge in [-0.1, -0.05) is 19.3 Å². The summed E-state index contributed by atoms with van der Waals surface area (Å²) in [5.41, 5.74) is -0.789. The van der Waals surface area contributed by atoms with Crippen molar-refractivity contribution >= 4 is 5.91 Å². The van der Waals surface area contributed by atoms with E-state index in [0.717, 1.165) is 19.3 Å². The van der Waals surface area contributed by atoms with Crippen molar-refractivity contribution in [3.63, 3.8) is 0 Å². The molecule has 1 amide bonds. The standard InChI is InChI=1S/C12H18N2O2/c13-9-12(5-2-1-3-6-12)11(16)14-7-4-10(15)8-14/h10,15H,1-8H2/t10-/m1/s1. The first-order valence-electron chi connectivity index (χ1n) is 6.07. The molecular weight excluding hydrogens is 204 g/mol. The lowest BCUT2D eigenvalue weighted by atomic mass is 9.74. The summed E-state index contributed by atoms with van der Waals surface area (Å²) in [5.74, 6) is -0.0498. The number of β-amino-alcohol motifs (C(OH)–C–C–N with tert-alkyl or cyclic N) is 1. The fourth-order valence-electron chi connectivity index (χ4n) is 2.76. The molecule has 4 heteroatoms. The number of aliphatic hydroxyl groups is 1. The van der Waals surface area contributed by atoms with Crippen LogP contribution in [-0.2, 0) is 4.79 Å². The predicted molar refractivity (Wildman–Crippen MR) is 58.3 cm³/mol. The molecule has 0 aromatic rings. The Morgan fingerprint density at radius 1 is 1.38 bits per heavy atom. The summed E-state index contributed by atoms with van der Waals surface area (Å²) in [7, 11) is 0. The van der Waals surface area contributed by atoms with Crippen molar-refractivity contribution in [1.29, 1.82) is 5.26 Å². The summed E-state index contributed by atoms with van der Waals surface area (Å²) in [4.78, 5) is 14.0. The highest BCUT2D eigenvalue weighted by Gasteiger charge is 2.43. The molecular formula is C12H18N2O2. The maximum absolute atomic E-state index is 12.3. The molecule has 0 spiro atoms. The van der Waals surface area contributed by atoms with E-state index in [1.807, 2.05) is 0 Å². The number of hydrogen-bond acceptors (Lipinski definition) is 3. The number of aliphatic hydroxyl groups excluding tert-OH is 1. The normalized spacial score (nSPS) is 28.8. The zero-order valence-corrected chi connectivity index (χ0v) is 9.48. The molecule has 0 bridgehead atoms. The van der Waals surface area contributed by atoms with Gasteiger partial charge in [-0.05, 0) is 19.3 Å². The Morgan fingerprint density at radius 3 is 2.56 bits per heavy atom. The van der Waals surface area contributed by atoms with Crippen molar-refractivity contribution in [3.8, 4) is 6.07 Å². The Kier molecular flexibility index (Phi) is 3.15. The molecule has 2 rings (SSSR count). The predicted octanol–water partition coefficient (Wildman–Crippen LogP) is 1.05. The minimum absolute atomic E-state index is 0.0498. The van der Waals surface area contributed by atoms with Gasteiger partial charge in [0.25, 0.3) is 0 Å². The first kappa shape index (κ1) is 11.4. The monoisotopic (exact) mass is 222 g/mol. The van der Waals surface area contributed by atoms with Gasteiger partial charge in [0.2, 0.25) is 5.91 Å². The van der Waals surface area contributed by atoms with Gasteiger partial charge in [-0.25, -0.2) is 0 Å². The minimum Gasteiger partial charge on any atom is -0.391 e. The highest BCUT2D eigenvalue weighted by molar-refractivity contribution is 5.85. The van der Waals surface area contributed by atoms with Crippen LogP contribution in [-0.4, -0.2) is 35.1 Å². The van der Waals surface area contributed by atoms with E-state index in [2.05, 4.69) is 6.07 Å². The van der Waals surface area contributed by atoms with Crippen molar-refractivity contribution < 1.29 is 9.90 Å². The number of hydrogen-bond donors (Lipinski definition) is 1. The van der Waals surface area contributed by atoms with Crippen LogP contribution >= 0.6 is 0 Å². The largest absolute Gasteiger partial charge is 0.391 e. The van der Waals surface area contributed by atoms with Crippen LogP contribution in [0.2, 0.25) is 0 Å². The molecule has 1 heterocycles. The lowest BCUT2D eigenvalue weighted by Gasteiger charge is -2.32. The van der Waals surface area contributed by atoms with E-state index >= 15 is 0 Å². The lowest BCUT2D eigenvalue weighted by Crippen LogP contribution is -2.43. The lowest BCUT2D eigenvalue weighted by molar-refractivity contribution is -0.139. The number of carbonyl (C=O) groups is 1. The van der Waals surface area contributed by atoms with E-state index in [4.69, 9.17) is 0 Å². The third kappa shape index (κ3) is 1.92. The average molecular weight is 222 g/mol. The average Bonchev–Trinajstić information content (AvgIpc) is 2.76. The zero-order chi connectivity index (χ0) is 11.6. The Hall–Kier alpha value is -1.08. The highest BCUT2D eigenvalue weighted by atomic mass is 16.3. The Bertz CT molecular complexity index is 315. The van der Waals surface area contributed by atoms with Gasteiger partial charge in [0, 0.05) is 13.1 Å². The van der Waals surface area contributed by atoms with Crippen LogP contribution in [0.15, 0.2) is 0 Å². The molecule has 1 saturated carbocycles. The fourth-order valence-corrected chi connectivity index (χ4v) is 2.76. The van der Waals surface area contributed by atoms with Crippen LogP contribution in [0.25, 0.3) is 0 Å². The molecule has 0 aromatic heterocycles. The number of rotatable bonds is 1. The Balaban J connectivity index is 2.09. The maximum atomic E-state index is 12.3. The van der Waals surface area contributed by atoms with E-state index < -0.39 is 11.5 Å². The van der Waals surface area contributed by atoms with Crippen molar-refractivity contribution in [2.45, 2.75) is 44.6 Å². The van der Waals surface area contributed by atoms with Crippen molar-refractivity contribution in [3.05, 3.63) is 0 Å². The molecule has 16 heavy (non-hydrogen) atoms. The molecule has 4 nitrogen and oxygen atoms in total. The van der Waals surface area contributed by atoms with Gasteiger partial charge in [-0.3, -0.25) is 4.79 Å². The summed E-state index contributed by atoms with van der Waals surface area (Å²) >= 11 is 0. The third-order valence-electron chi connectivity index (χ3n) is 3.78. The second kappa shape index (κ2) is 4.42. The van der Waals surface area contributed by atoms with Gasteiger partial charge >= 0.3 is 0 Å². The second-order valence-electron chi connectivity index (χ2n) is 4.95. The van der Waals surface area contributed by atoms with Crippen molar-refractivity contribution in [2.75, 3.05) is 13.1 Å². The Morgan fingerprint density at radius 2 is 2.06 bits per heavy atom. The molecule has 1 aliphatic heterocycles. The smallest absolute Gasteiger partial charge is 0.243 e. The van der Waals surface area contributed by atoms with E-state index in [1.54, 1.807) is 4.90 Å². The molecule has 0 aromatic carbocycles. The van der Waals surface area contributed by atoms with Crippen molar-refractivity contribution in [1.82, 2.24) is 4.90 Å². The molecule has 2 aliphatic rings. The molecule has 1 atom stereocenters. The molecule has 1 aliphatic carbocycles. The molecule has 1 N–H and O–H groups in total. The minimum atomic E-state index is -0.789. The third-order valence-corrected chi connectivity index (χ3v) is 3.78. The first-order valence-corrected chi connectivity index (χ1v) is 6.07. The van der Waals surface area contributed by atoms with Crippen LogP contribution in [0, 0.1) is 16.7 Å². The van der Waals surface area contributed by atoms with Gasteiger partial charge in [0.15, 0.2) is 0 Å². The van der Waals surface area contributed by atoms with Crippen LogP contribution in [0.1, 0.15) is 38.5 Å². The molecule has 0 radical (unpaired) electrons. The number of likely N-dealkylation sites (tertiary alicyclic amines) is 1. The quantitative estimate of drug-likeness (QED) is 0.721. The van der Waals surface area contributed by atoms with Crippen LogP contribution in [0.4, 0.5) is 0 Å². The second-order valence-corrected chi connectivity index (χ2v) is 4.95. The molecule has 88 valence electrons. The molecule has 0 unspecified atom stereocenters. The van der Waals surface area contributed by atoms with Gasteiger partial charge in [0.1, 0.15) is 5.41 Å². The SMILES string of the molecule is N#CC1(C(=O)N2CC[C@@H](O)C2)CCCCC1. The number of carbonyl (C=O) groups excluding carboxylic acids is 1. The summed E-state index contributed by atoms with van der Waals surface area (Å²) in [6.45, 7) is 1.01. The van der Waals surface area contributed by atoms with Crippen LogP contribution in [0.3, 0.4) is 0 Å². The summed E-state index contributed by atoms with van der Waals surface area (Å²) in [6.07, 6.45) is 4.69. The summed E-state index contributed by atoms with van der Waals surface area (Å²) < 4.78 is 0. The van der Waals surface area contributed by atoms with Gasteiger partial charge < -0.3 is 10.0 Å². The fraction of sp³-hybridized carbons (Fsp3) is 0.833. The van der Waals surface area contributed by atoms with Crippen molar-refractivity contribution in [2.24, 2.45) is 5.41 Å². The van der Waals surface area contributed by atoms with E-state index in [-0.39, 0.29) is 5.91 Å². The van der Waals surface area contributed by atoms with Gasteiger partial charge in [-0.15, -0.1) is 0 Å². The molecule has 1 saturated heterocycles. The summed E-state index contributed by atoms with van der Waals surface area (Å²) in [6, 6.07) is 2.24. The topological polar surface area (TPSA) is 64.3 Å². The highest BCUT2D eigenvalue weighted by Crippen LogP contribution is 2.38. The van der Waals surface area contributed by atoms with Gasteiger partial charge in [0.05, 0.1) is 12.2 Å². The van der Waals surface area contributed by atoms with E-state index in [1.165, 1.54) is 0 Å². The summed E-state index contributed by atoms with van der Waals surface area (Å²) in [5, 5.41) is 18.7. The first-order chi connectivity index (χ1) is 7.68. The molecule has 2 fully saturated rings.